The van der Waals surface area contributed by atoms with Gasteiger partial charge in [0.1, 0.15) is 0 Å². The second-order valence-corrected chi connectivity index (χ2v) is 7.28. The number of carbonyl (C=O) groups is 2. The lowest BCUT2D eigenvalue weighted by atomic mass is 10.0. The van der Waals surface area contributed by atoms with E-state index in [2.05, 4.69) is 24.5 Å². The quantitative estimate of drug-likeness (QED) is 0.779. The van der Waals surface area contributed by atoms with Crippen LogP contribution >= 0.6 is 0 Å². The first-order valence-electron chi connectivity index (χ1n) is 9.21. The summed E-state index contributed by atoms with van der Waals surface area (Å²) in [6.45, 7) is 8.40. The average Bonchev–Trinajstić information content (AvgIpc) is 2.58. The Morgan fingerprint density at radius 1 is 0.889 bits per heavy atom. The van der Waals surface area contributed by atoms with E-state index in [1.165, 1.54) is 0 Å². The van der Waals surface area contributed by atoms with Gasteiger partial charge >= 0.3 is 0 Å². The van der Waals surface area contributed by atoms with Crippen LogP contribution in [-0.2, 0) is 9.59 Å². The average molecular weight is 367 g/mol. The lowest BCUT2D eigenvalue weighted by Crippen LogP contribution is -2.36. The number of hydrogen-bond donors (Lipinski definition) is 2. The van der Waals surface area contributed by atoms with Crippen LogP contribution in [0.25, 0.3) is 0 Å². The highest BCUT2D eigenvalue weighted by atomic mass is 16.2. The van der Waals surface area contributed by atoms with Crippen LogP contribution in [-0.4, -0.2) is 36.9 Å². The van der Waals surface area contributed by atoms with E-state index in [0.717, 1.165) is 28.1 Å². The molecule has 2 amide bonds. The van der Waals surface area contributed by atoms with Gasteiger partial charge in [-0.1, -0.05) is 50.2 Å². The van der Waals surface area contributed by atoms with Gasteiger partial charge in [0.25, 0.3) is 0 Å². The summed E-state index contributed by atoms with van der Waals surface area (Å²) in [6.07, 6.45) is 0. The molecular weight excluding hydrogens is 338 g/mol. The summed E-state index contributed by atoms with van der Waals surface area (Å²) in [7, 11) is 1.76. The minimum Gasteiger partial charge on any atom is -0.325 e. The fourth-order valence-corrected chi connectivity index (χ4v) is 3.04. The number of rotatable bonds is 7. The van der Waals surface area contributed by atoms with E-state index in [-0.39, 0.29) is 24.9 Å². The topological polar surface area (TPSA) is 61.4 Å². The molecule has 0 aliphatic carbocycles. The third-order valence-corrected chi connectivity index (χ3v) is 4.43. The summed E-state index contributed by atoms with van der Waals surface area (Å²) in [5.41, 5.74) is 4.81. The van der Waals surface area contributed by atoms with Crippen molar-refractivity contribution in [1.29, 1.82) is 0 Å². The second-order valence-electron chi connectivity index (χ2n) is 7.28. The Bertz CT molecular complexity index is 795. The van der Waals surface area contributed by atoms with E-state index in [1.54, 1.807) is 11.9 Å². The monoisotopic (exact) mass is 367 g/mol. The van der Waals surface area contributed by atoms with Crippen molar-refractivity contribution in [3.05, 3.63) is 59.2 Å². The minimum absolute atomic E-state index is 0.134. The summed E-state index contributed by atoms with van der Waals surface area (Å²) < 4.78 is 0. The Kier molecular flexibility index (Phi) is 7.13. The first kappa shape index (κ1) is 20.6. The van der Waals surface area contributed by atoms with Crippen LogP contribution in [0.4, 0.5) is 11.4 Å². The normalized spacial score (nSPS) is 10.9. The summed E-state index contributed by atoms with van der Waals surface area (Å²) >= 11 is 0. The van der Waals surface area contributed by atoms with Crippen molar-refractivity contribution in [3.8, 4) is 0 Å². The zero-order valence-corrected chi connectivity index (χ0v) is 16.8. The van der Waals surface area contributed by atoms with Crippen molar-refractivity contribution in [1.82, 2.24) is 4.90 Å². The highest BCUT2D eigenvalue weighted by Crippen LogP contribution is 2.23. The fraction of sp³-hybridized carbons (Fsp3) is 0.364. The van der Waals surface area contributed by atoms with Crippen LogP contribution in [0.3, 0.4) is 0 Å². The maximum atomic E-state index is 12.4. The molecule has 5 nitrogen and oxygen atoms in total. The molecule has 0 atom stereocenters. The van der Waals surface area contributed by atoms with Gasteiger partial charge in [0.15, 0.2) is 0 Å². The predicted octanol–water partition coefficient (Wildman–Crippen LogP) is 3.94. The molecule has 2 aromatic rings. The number of para-hydroxylation sites is 2. The van der Waals surface area contributed by atoms with Gasteiger partial charge < -0.3 is 10.6 Å². The van der Waals surface area contributed by atoms with Crippen molar-refractivity contribution < 1.29 is 9.59 Å². The van der Waals surface area contributed by atoms with Crippen LogP contribution < -0.4 is 10.6 Å². The molecule has 0 fully saturated rings. The first-order chi connectivity index (χ1) is 12.8. The Morgan fingerprint density at radius 2 is 1.44 bits per heavy atom. The third kappa shape index (κ3) is 5.93. The number of amides is 2. The summed E-state index contributed by atoms with van der Waals surface area (Å²) in [5.74, 6) is 0.0538. The molecule has 27 heavy (non-hydrogen) atoms. The number of benzene rings is 2. The summed E-state index contributed by atoms with van der Waals surface area (Å²) in [4.78, 5) is 26.4. The third-order valence-electron chi connectivity index (χ3n) is 4.43. The number of nitrogens with zero attached hydrogens (tertiary/aromatic N) is 1. The second kappa shape index (κ2) is 9.33. The van der Waals surface area contributed by atoms with Gasteiger partial charge in [-0.3, -0.25) is 14.5 Å². The number of anilines is 2. The molecule has 0 radical (unpaired) electrons. The van der Waals surface area contributed by atoms with Crippen LogP contribution in [0, 0.1) is 13.8 Å². The number of nitrogens with one attached hydrogen (secondary N) is 2. The largest absolute Gasteiger partial charge is 0.325 e. The van der Waals surface area contributed by atoms with Gasteiger partial charge in [0.05, 0.1) is 13.1 Å². The number of likely N-dealkylation sites (N-methyl/N-ethyl adjacent to an activating group) is 1. The SMILES string of the molecule is Cc1cccc(C)c1NC(=O)CN(C)CC(=O)Nc1ccccc1C(C)C. The molecule has 0 aliphatic heterocycles. The molecule has 144 valence electrons. The van der Waals surface area contributed by atoms with Gasteiger partial charge in [-0.2, -0.15) is 0 Å². The Labute approximate surface area is 161 Å². The van der Waals surface area contributed by atoms with Crippen molar-refractivity contribution in [2.45, 2.75) is 33.6 Å². The van der Waals surface area contributed by atoms with Gasteiger partial charge in [0, 0.05) is 11.4 Å². The standard InChI is InChI=1S/C22H29N3O2/c1-15(2)18-11-6-7-12-19(18)23-20(26)13-25(5)14-21(27)24-22-16(3)9-8-10-17(22)4/h6-12,15H,13-14H2,1-5H3,(H,23,26)(H,24,27). The maximum absolute atomic E-state index is 12.4. The Morgan fingerprint density at radius 3 is 2.04 bits per heavy atom. The maximum Gasteiger partial charge on any atom is 0.238 e. The molecular formula is C22H29N3O2. The molecule has 0 heterocycles. The number of carbonyl (C=O) groups excluding carboxylic acids is 2. The fourth-order valence-electron chi connectivity index (χ4n) is 3.04. The summed E-state index contributed by atoms with van der Waals surface area (Å²) in [5, 5.41) is 5.90. The molecule has 0 aromatic heterocycles. The van der Waals surface area contributed by atoms with Gasteiger partial charge in [-0.15, -0.1) is 0 Å². The molecule has 0 aliphatic rings. The van der Waals surface area contributed by atoms with Crippen LogP contribution in [0.1, 0.15) is 36.5 Å². The van der Waals surface area contributed by atoms with E-state index in [9.17, 15) is 9.59 Å². The van der Waals surface area contributed by atoms with Crippen LogP contribution in [0.5, 0.6) is 0 Å². The van der Waals surface area contributed by atoms with Gasteiger partial charge in [-0.25, -0.2) is 0 Å². The highest BCUT2D eigenvalue weighted by Gasteiger charge is 2.14. The van der Waals surface area contributed by atoms with E-state index in [1.807, 2.05) is 56.3 Å². The lowest BCUT2D eigenvalue weighted by Gasteiger charge is -2.18. The highest BCUT2D eigenvalue weighted by molar-refractivity contribution is 5.95. The van der Waals surface area contributed by atoms with Crippen LogP contribution in [0.15, 0.2) is 42.5 Å². The van der Waals surface area contributed by atoms with E-state index < -0.39 is 0 Å². The lowest BCUT2D eigenvalue weighted by molar-refractivity contribution is -0.119. The Balaban J connectivity index is 1.91. The zero-order valence-electron chi connectivity index (χ0n) is 16.8. The molecule has 0 spiro atoms. The molecule has 2 aromatic carbocycles. The molecule has 5 heteroatoms. The van der Waals surface area contributed by atoms with Crippen molar-refractivity contribution in [3.63, 3.8) is 0 Å². The number of aryl methyl sites for hydroxylation is 2. The van der Waals surface area contributed by atoms with E-state index >= 15 is 0 Å². The molecule has 0 unspecified atom stereocenters. The van der Waals surface area contributed by atoms with Crippen molar-refractivity contribution >= 4 is 23.2 Å². The van der Waals surface area contributed by atoms with Crippen molar-refractivity contribution in [2.24, 2.45) is 0 Å². The minimum atomic E-state index is -0.134. The molecule has 0 saturated carbocycles. The summed E-state index contributed by atoms with van der Waals surface area (Å²) in [6, 6.07) is 13.7. The van der Waals surface area contributed by atoms with Crippen LogP contribution in [0.2, 0.25) is 0 Å². The Hall–Kier alpha value is -2.66. The van der Waals surface area contributed by atoms with Gasteiger partial charge in [-0.05, 0) is 49.6 Å². The first-order valence-corrected chi connectivity index (χ1v) is 9.21. The molecule has 0 saturated heterocycles. The molecule has 2 N–H and O–H groups in total. The van der Waals surface area contributed by atoms with E-state index in [0.29, 0.717) is 5.92 Å². The predicted molar refractivity (Wildman–Crippen MR) is 111 cm³/mol. The van der Waals surface area contributed by atoms with Gasteiger partial charge in [0.2, 0.25) is 11.8 Å². The molecule has 2 rings (SSSR count). The smallest absolute Gasteiger partial charge is 0.238 e. The molecule has 0 bridgehead atoms. The van der Waals surface area contributed by atoms with Crippen molar-refractivity contribution in [2.75, 3.05) is 30.8 Å². The zero-order chi connectivity index (χ0) is 20.0. The van der Waals surface area contributed by atoms with E-state index in [4.69, 9.17) is 0 Å². The number of hydrogen-bond acceptors (Lipinski definition) is 3.